The Bertz CT molecular complexity index is 619. The lowest BCUT2D eigenvalue weighted by molar-refractivity contribution is 0.135. The van der Waals surface area contributed by atoms with E-state index in [2.05, 4.69) is 24.8 Å². The normalized spacial score (nSPS) is 21.1. The Morgan fingerprint density at radius 1 is 1.29 bits per heavy atom. The van der Waals surface area contributed by atoms with Crippen molar-refractivity contribution in [3.8, 4) is 6.07 Å². The second-order valence-electron chi connectivity index (χ2n) is 5.32. The first-order chi connectivity index (χ1) is 9.98. The topological polar surface area (TPSA) is 64.4 Å². The molecule has 1 aliphatic rings. The Morgan fingerprint density at radius 2 is 1.95 bits per heavy atom. The van der Waals surface area contributed by atoms with E-state index in [4.69, 9.17) is 5.26 Å². The quantitative estimate of drug-likeness (QED) is 0.845. The van der Waals surface area contributed by atoms with E-state index >= 15 is 0 Å². The largest absolute Gasteiger partial charge is 0.298 e. The zero-order chi connectivity index (χ0) is 15.5. The third kappa shape index (κ3) is 3.43. The van der Waals surface area contributed by atoms with Crippen LogP contribution in [-0.4, -0.2) is 49.8 Å². The maximum absolute atomic E-state index is 12.6. The average molecular weight is 307 g/mol. The van der Waals surface area contributed by atoms with Gasteiger partial charge in [-0.2, -0.15) is 9.57 Å². The van der Waals surface area contributed by atoms with E-state index in [1.165, 1.54) is 0 Å². The minimum atomic E-state index is -3.43. The molecule has 21 heavy (non-hydrogen) atoms. The number of benzene rings is 1. The van der Waals surface area contributed by atoms with Crippen molar-refractivity contribution < 1.29 is 8.42 Å². The minimum absolute atomic E-state index is 0.233. The third-order valence-electron chi connectivity index (χ3n) is 3.98. The zero-order valence-corrected chi connectivity index (χ0v) is 13.3. The SMILES string of the molecule is CCN1CCN(S(=O)(=O)c2ccc(CC#N)cc2)CC1C. The molecule has 1 atom stereocenters. The second-order valence-corrected chi connectivity index (χ2v) is 7.26. The molecule has 1 aromatic rings. The molecule has 1 heterocycles. The summed E-state index contributed by atoms with van der Waals surface area (Å²) in [4.78, 5) is 2.59. The van der Waals surface area contributed by atoms with Crippen molar-refractivity contribution >= 4 is 10.0 Å². The molecule has 0 bridgehead atoms. The number of sulfonamides is 1. The van der Waals surface area contributed by atoms with Gasteiger partial charge in [0, 0.05) is 25.7 Å². The summed E-state index contributed by atoms with van der Waals surface area (Å²) < 4.78 is 26.8. The molecule has 0 aromatic heterocycles. The van der Waals surface area contributed by atoms with Gasteiger partial charge in [-0.05, 0) is 31.2 Å². The molecule has 1 aromatic carbocycles. The summed E-state index contributed by atoms with van der Waals surface area (Å²) >= 11 is 0. The molecule has 0 aliphatic carbocycles. The number of nitriles is 1. The van der Waals surface area contributed by atoms with Crippen LogP contribution in [0, 0.1) is 11.3 Å². The van der Waals surface area contributed by atoms with Gasteiger partial charge in [0.15, 0.2) is 0 Å². The summed E-state index contributed by atoms with van der Waals surface area (Å²) in [5, 5.41) is 8.65. The molecular weight excluding hydrogens is 286 g/mol. The molecule has 1 saturated heterocycles. The molecule has 1 unspecified atom stereocenters. The number of piperazine rings is 1. The Morgan fingerprint density at radius 3 is 2.48 bits per heavy atom. The monoisotopic (exact) mass is 307 g/mol. The van der Waals surface area contributed by atoms with E-state index < -0.39 is 10.0 Å². The summed E-state index contributed by atoms with van der Waals surface area (Å²) in [5.41, 5.74) is 0.834. The maximum atomic E-state index is 12.6. The van der Waals surface area contributed by atoms with Crippen molar-refractivity contribution in [2.45, 2.75) is 31.2 Å². The summed E-state index contributed by atoms with van der Waals surface area (Å²) in [7, 11) is -3.43. The van der Waals surface area contributed by atoms with E-state index in [0.717, 1.165) is 18.7 Å². The lowest BCUT2D eigenvalue weighted by atomic mass is 10.2. The first kappa shape index (κ1) is 16.0. The van der Waals surface area contributed by atoms with Crippen LogP contribution >= 0.6 is 0 Å². The van der Waals surface area contributed by atoms with Crippen LogP contribution in [0.1, 0.15) is 19.4 Å². The van der Waals surface area contributed by atoms with E-state index in [1.807, 2.05) is 0 Å². The highest BCUT2D eigenvalue weighted by atomic mass is 32.2. The van der Waals surface area contributed by atoms with Crippen LogP contribution in [0.5, 0.6) is 0 Å². The lowest BCUT2D eigenvalue weighted by Gasteiger charge is -2.38. The molecule has 6 heteroatoms. The Labute approximate surface area is 126 Å². The van der Waals surface area contributed by atoms with Crippen LogP contribution in [0.25, 0.3) is 0 Å². The summed E-state index contributed by atoms with van der Waals surface area (Å²) in [6, 6.07) is 8.90. The molecule has 0 saturated carbocycles. The van der Waals surface area contributed by atoms with E-state index in [-0.39, 0.29) is 6.04 Å². The fourth-order valence-corrected chi connectivity index (χ4v) is 4.18. The third-order valence-corrected chi connectivity index (χ3v) is 5.86. The fourth-order valence-electron chi connectivity index (χ4n) is 2.67. The molecule has 0 radical (unpaired) electrons. The first-order valence-electron chi connectivity index (χ1n) is 7.19. The molecule has 1 fully saturated rings. The van der Waals surface area contributed by atoms with Gasteiger partial charge in [0.25, 0.3) is 0 Å². The van der Waals surface area contributed by atoms with Crippen LogP contribution < -0.4 is 0 Å². The van der Waals surface area contributed by atoms with E-state index in [9.17, 15) is 8.42 Å². The molecule has 2 rings (SSSR count). The number of likely N-dealkylation sites (N-methyl/N-ethyl adjacent to an activating group) is 1. The van der Waals surface area contributed by atoms with Crippen molar-refractivity contribution in [3.05, 3.63) is 29.8 Å². The van der Waals surface area contributed by atoms with Gasteiger partial charge in [0.2, 0.25) is 10.0 Å². The van der Waals surface area contributed by atoms with E-state index in [1.54, 1.807) is 28.6 Å². The zero-order valence-electron chi connectivity index (χ0n) is 12.5. The van der Waals surface area contributed by atoms with Crippen LogP contribution in [0.15, 0.2) is 29.2 Å². The van der Waals surface area contributed by atoms with Gasteiger partial charge < -0.3 is 0 Å². The summed E-state index contributed by atoms with van der Waals surface area (Å²) in [6.07, 6.45) is 0.298. The average Bonchev–Trinajstić information content (AvgIpc) is 2.48. The predicted octanol–water partition coefficient (Wildman–Crippen LogP) is 1.47. The fraction of sp³-hybridized carbons (Fsp3) is 0.533. The highest BCUT2D eigenvalue weighted by Crippen LogP contribution is 2.20. The first-order valence-corrected chi connectivity index (χ1v) is 8.63. The van der Waals surface area contributed by atoms with Crippen LogP contribution in [0.4, 0.5) is 0 Å². The highest BCUT2D eigenvalue weighted by molar-refractivity contribution is 7.89. The van der Waals surface area contributed by atoms with Crippen molar-refractivity contribution in [1.29, 1.82) is 5.26 Å². The Kier molecular flexibility index (Phi) is 4.99. The number of hydrogen-bond acceptors (Lipinski definition) is 4. The maximum Gasteiger partial charge on any atom is 0.243 e. The number of rotatable bonds is 4. The second kappa shape index (κ2) is 6.56. The van der Waals surface area contributed by atoms with Crippen molar-refractivity contribution in [1.82, 2.24) is 9.21 Å². The van der Waals surface area contributed by atoms with Gasteiger partial charge in [-0.3, -0.25) is 4.90 Å². The minimum Gasteiger partial charge on any atom is -0.298 e. The van der Waals surface area contributed by atoms with Gasteiger partial charge in [0.05, 0.1) is 17.4 Å². The van der Waals surface area contributed by atoms with Crippen molar-refractivity contribution in [3.63, 3.8) is 0 Å². The summed E-state index contributed by atoms with van der Waals surface area (Å²) in [5.74, 6) is 0. The Balaban J connectivity index is 2.17. The molecule has 0 amide bonds. The van der Waals surface area contributed by atoms with Gasteiger partial charge in [-0.25, -0.2) is 8.42 Å². The number of hydrogen-bond donors (Lipinski definition) is 0. The lowest BCUT2D eigenvalue weighted by Crippen LogP contribution is -2.53. The molecule has 0 N–H and O–H groups in total. The molecule has 5 nitrogen and oxygen atoms in total. The van der Waals surface area contributed by atoms with Gasteiger partial charge in [-0.1, -0.05) is 19.1 Å². The van der Waals surface area contributed by atoms with Crippen LogP contribution in [0.2, 0.25) is 0 Å². The highest BCUT2D eigenvalue weighted by Gasteiger charge is 2.31. The molecule has 0 spiro atoms. The smallest absolute Gasteiger partial charge is 0.243 e. The van der Waals surface area contributed by atoms with Crippen molar-refractivity contribution in [2.75, 3.05) is 26.2 Å². The number of nitrogens with zero attached hydrogens (tertiary/aromatic N) is 3. The Hall–Kier alpha value is -1.42. The molecular formula is C15H21N3O2S. The predicted molar refractivity (Wildman–Crippen MR) is 81.2 cm³/mol. The van der Waals surface area contributed by atoms with Gasteiger partial charge in [-0.15, -0.1) is 0 Å². The van der Waals surface area contributed by atoms with Crippen molar-refractivity contribution in [2.24, 2.45) is 0 Å². The standard InChI is InChI=1S/C15H21N3O2S/c1-3-17-10-11-18(12-13(17)2)21(19,20)15-6-4-14(5-7-15)8-9-16/h4-7,13H,3,8,10-12H2,1-2H3. The van der Waals surface area contributed by atoms with Crippen LogP contribution in [0.3, 0.4) is 0 Å². The van der Waals surface area contributed by atoms with Gasteiger partial charge >= 0.3 is 0 Å². The molecule has 1 aliphatic heterocycles. The van der Waals surface area contributed by atoms with E-state index in [0.29, 0.717) is 24.4 Å². The molecule has 114 valence electrons. The summed E-state index contributed by atoms with van der Waals surface area (Å²) in [6.45, 7) is 6.91. The van der Waals surface area contributed by atoms with Gasteiger partial charge in [0.1, 0.15) is 0 Å². The van der Waals surface area contributed by atoms with Crippen LogP contribution in [-0.2, 0) is 16.4 Å².